The van der Waals surface area contributed by atoms with Crippen molar-refractivity contribution in [3.05, 3.63) is 66.3 Å². The first-order valence-electron chi connectivity index (χ1n) is 5.96. The lowest BCUT2D eigenvalue weighted by atomic mass is 10.0. The van der Waals surface area contributed by atoms with Crippen LogP contribution in [0.4, 0.5) is 0 Å². The maximum atomic E-state index is 2.18. The van der Waals surface area contributed by atoms with Crippen molar-refractivity contribution in [3.63, 3.8) is 0 Å². The summed E-state index contributed by atoms with van der Waals surface area (Å²) in [5.74, 6) is 0. The van der Waals surface area contributed by atoms with Crippen molar-refractivity contribution in [1.82, 2.24) is 0 Å². The largest absolute Gasteiger partial charge is 0.0801 e. The minimum Gasteiger partial charge on any atom is -0.0801 e. The molecule has 0 radical (unpaired) electrons. The molecule has 0 N–H and O–H groups in total. The molecule has 0 saturated carbocycles. The van der Waals surface area contributed by atoms with Crippen molar-refractivity contribution in [1.29, 1.82) is 0 Å². The Morgan fingerprint density at radius 2 is 1.62 bits per heavy atom. The monoisotopic (exact) mass is 212 g/mol. The smallest absolute Gasteiger partial charge is 0.00884 e. The Balaban J connectivity index is 0.000000386. The second-order valence-corrected chi connectivity index (χ2v) is 3.78. The molecule has 0 unspecified atom stereocenters. The summed E-state index contributed by atoms with van der Waals surface area (Å²) >= 11 is 0. The van der Waals surface area contributed by atoms with Crippen LogP contribution in [-0.2, 0) is 0 Å². The van der Waals surface area contributed by atoms with Gasteiger partial charge in [-0.05, 0) is 17.6 Å². The topological polar surface area (TPSA) is 0 Å². The van der Waals surface area contributed by atoms with Crippen molar-refractivity contribution in [2.24, 2.45) is 0 Å². The third-order valence-electron chi connectivity index (χ3n) is 2.14. The third kappa shape index (κ3) is 4.31. The van der Waals surface area contributed by atoms with Crippen molar-refractivity contribution < 1.29 is 0 Å². The van der Waals surface area contributed by atoms with Crippen LogP contribution >= 0.6 is 0 Å². The molecule has 0 amide bonds. The standard InChI is InChI=1S/C13H12.C3H8/c1-2-5-9-12(8-4-1)13-10-6-3-7-11-13;1-3-2/h1-8,10-11H,9H2;3H2,1-2H3. The molecule has 0 atom stereocenters. The van der Waals surface area contributed by atoms with Crippen LogP contribution in [0, 0.1) is 0 Å². The molecular weight excluding hydrogens is 192 g/mol. The van der Waals surface area contributed by atoms with E-state index in [1.807, 2.05) is 6.07 Å². The van der Waals surface area contributed by atoms with Crippen LogP contribution in [0.25, 0.3) is 5.57 Å². The Morgan fingerprint density at radius 1 is 0.938 bits per heavy atom. The van der Waals surface area contributed by atoms with Gasteiger partial charge in [-0.25, -0.2) is 0 Å². The lowest BCUT2D eigenvalue weighted by Gasteiger charge is -2.02. The molecule has 0 spiro atoms. The first-order valence-corrected chi connectivity index (χ1v) is 5.96. The highest BCUT2D eigenvalue weighted by Gasteiger charge is 1.97. The van der Waals surface area contributed by atoms with Gasteiger partial charge in [0.2, 0.25) is 0 Å². The van der Waals surface area contributed by atoms with E-state index in [0.717, 1.165) is 6.42 Å². The van der Waals surface area contributed by atoms with Crippen LogP contribution in [0.2, 0.25) is 0 Å². The molecule has 1 aromatic carbocycles. The Labute approximate surface area is 99.0 Å². The third-order valence-corrected chi connectivity index (χ3v) is 2.14. The molecule has 0 bridgehead atoms. The zero-order valence-electron chi connectivity index (χ0n) is 10.2. The lowest BCUT2D eigenvalue weighted by Crippen LogP contribution is -1.80. The zero-order valence-corrected chi connectivity index (χ0v) is 10.2. The van der Waals surface area contributed by atoms with E-state index in [9.17, 15) is 0 Å². The van der Waals surface area contributed by atoms with E-state index in [1.165, 1.54) is 17.6 Å². The summed E-state index contributed by atoms with van der Waals surface area (Å²) in [5.41, 5.74) is 2.70. The van der Waals surface area contributed by atoms with Gasteiger partial charge < -0.3 is 0 Å². The highest BCUT2D eigenvalue weighted by molar-refractivity contribution is 5.68. The van der Waals surface area contributed by atoms with E-state index in [0.29, 0.717) is 0 Å². The molecule has 0 aliphatic heterocycles. The fourth-order valence-electron chi connectivity index (χ4n) is 1.44. The SMILES string of the molecule is C1=CC=C(c2ccccc2)CC=C1.CCC. The second-order valence-electron chi connectivity index (χ2n) is 3.78. The van der Waals surface area contributed by atoms with E-state index in [2.05, 4.69) is 68.5 Å². The normalized spacial score (nSPS) is 13.5. The van der Waals surface area contributed by atoms with Gasteiger partial charge in [0, 0.05) is 0 Å². The molecule has 0 heteroatoms. The van der Waals surface area contributed by atoms with Gasteiger partial charge in [-0.15, -0.1) is 0 Å². The van der Waals surface area contributed by atoms with Crippen LogP contribution < -0.4 is 0 Å². The molecule has 0 fully saturated rings. The first-order chi connectivity index (χ1) is 7.88. The lowest BCUT2D eigenvalue weighted by molar-refractivity contribution is 1.09. The summed E-state index contributed by atoms with van der Waals surface area (Å²) in [6, 6.07) is 10.5. The highest BCUT2D eigenvalue weighted by Crippen LogP contribution is 2.19. The molecule has 0 aromatic heterocycles. The van der Waals surface area contributed by atoms with Crippen LogP contribution in [0.1, 0.15) is 32.3 Å². The van der Waals surface area contributed by atoms with Crippen LogP contribution in [-0.4, -0.2) is 0 Å². The molecule has 84 valence electrons. The fourth-order valence-corrected chi connectivity index (χ4v) is 1.44. The first kappa shape index (κ1) is 12.5. The summed E-state index contributed by atoms with van der Waals surface area (Å²) in [4.78, 5) is 0. The van der Waals surface area contributed by atoms with Gasteiger partial charge in [0.15, 0.2) is 0 Å². The Bertz CT molecular complexity index is 366. The molecule has 1 aliphatic rings. The van der Waals surface area contributed by atoms with E-state index in [-0.39, 0.29) is 0 Å². The van der Waals surface area contributed by atoms with Crippen molar-refractivity contribution in [2.45, 2.75) is 26.7 Å². The number of benzene rings is 1. The van der Waals surface area contributed by atoms with Gasteiger partial charge in [0.05, 0.1) is 0 Å². The van der Waals surface area contributed by atoms with Crippen molar-refractivity contribution in [3.8, 4) is 0 Å². The maximum absolute atomic E-state index is 2.18. The average Bonchev–Trinajstić information content (AvgIpc) is 2.60. The Hall–Kier alpha value is -1.56. The molecule has 16 heavy (non-hydrogen) atoms. The predicted octanol–water partition coefficient (Wildman–Crippen LogP) is 5.00. The molecule has 1 aliphatic carbocycles. The predicted molar refractivity (Wildman–Crippen MR) is 73.3 cm³/mol. The Kier molecular flexibility index (Phi) is 6.02. The molecule has 0 heterocycles. The van der Waals surface area contributed by atoms with Gasteiger partial charge in [-0.1, -0.05) is 81.0 Å². The summed E-state index contributed by atoms with van der Waals surface area (Å²) in [5, 5.41) is 0. The van der Waals surface area contributed by atoms with Gasteiger partial charge in [0.1, 0.15) is 0 Å². The fraction of sp³-hybridized carbons (Fsp3) is 0.250. The van der Waals surface area contributed by atoms with Gasteiger partial charge in [-0.3, -0.25) is 0 Å². The van der Waals surface area contributed by atoms with E-state index >= 15 is 0 Å². The number of allylic oxidation sites excluding steroid dienone is 6. The highest BCUT2D eigenvalue weighted by atomic mass is 14.0. The van der Waals surface area contributed by atoms with Gasteiger partial charge in [-0.2, -0.15) is 0 Å². The number of rotatable bonds is 1. The maximum Gasteiger partial charge on any atom is -0.00884 e. The van der Waals surface area contributed by atoms with Crippen LogP contribution in [0.5, 0.6) is 0 Å². The molecule has 0 nitrogen and oxygen atoms in total. The van der Waals surface area contributed by atoms with E-state index in [4.69, 9.17) is 0 Å². The van der Waals surface area contributed by atoms with Gasteiger partial charge >= 0.3 is 0 Å². The van der Waals surface area contributed by atoms with Gasteiger partial charge in [0.25, 0.3) is 0 Å². The molecule has 2 rings (SSSR count). The molecular formula is C16H20. The summed E-state index contributed by atoms with van der Waals surface area (Å²) < 4.78 is 0. The number of hydrogen-bond donors (Lipinski definition) is 0. The van der Waals surface area contributed by atoms with E-state index in [1.54, 1.807) is 0 Å². The molecule has 0 saturated heterocycles. The second kappa shape index (κ2) is 7.70. The van der Waals surface area contributed by atoms with Crippen molar-refractivity contribution >= 4 is 5.57 Å². The molecule has 1 aromatic rings. The van der Waals surface area contributed by atoms with Crippen LogP contribution in [0.3, 0.4) is 0 Å². The van der Waals surface area contributed by atoms with E-state index < -0.39 is 0 Å². The minimum atomic E-state index is 1.02. The number of hydrogen-bond acceptors (Lipinski definition) is 0. The Morgan fingerprint density at radius 3 is 2.31 bits per heavy atom. The quantitative estimate of drug-likeness (QED) is 0.614. The van der Waals surface area contributed by atoms with Crippen molar-refractivity contribution in [2.75, 3.05) is 0 Å². The zero-order chi connectivity index (χ0) is 11.6. The minimum absolute atomic E-state index is 1.02. The van der Waals surface area contributed by atoms with Crippen LogP contribution in [0.15, 0.2) is 60.7 Å². The summed E-state index contributed by atoms with van der Waals surface area (Å²) in [6.07, 6.45) is 12.9. The summed E-state index contributed by atoms with van der Waals surface area (Å²) in [6.45, 7) is 4.25. The average molecular weight is 212 g/mol. The summed E-state index contributed by atoms with van der Waals surface area (Å²) in [7, 11) is 0.